The highest BCUT2D eigenvalue weighted by Crippen LogP contribution is 2.36. The van der Waals surface area contributed by atoms with Crippen LogP contribution in [0.4, 0.5) is 0 Å². The zero-order chi connectivity index (χ0) is 13.0. The van der Waals surface area contributed by atoms with Gasteiger partial charge >= 0.3 is 0 Å². The highest BCUT2D eigenvalue weighted by molar-refractivity contribution is 6.74. The van der Waals surface area contributed by atoms with E-state index in [9.17, 15) is 5.11 Å². The van der Waals surface area contributed by atoms with Gasteiger partial charge in [0.1, 0.15) is 0 Å². The zero-order valence-electron chi connectivity index (χ0n) is 12.1. The van der Waals surface area contributed by atoms with E-state index in [-0.39, 0.29) is 11.1 Å². The molecule has 16 heavy (non-hydrogen) atoms. The Morgan fingerprint density at radius 2 is 1.62 bits per heavy atom. The summed E-state index contributed by atoms with van der Waals surface area (Å²) in [6, 6.07) is 0. The van der Waals surface area contributed by atoms with Gasteiger partial charge in [0.15, 0.2) is 8.32 Å². The summed E-state index contributed by atoms with van der Waals surface area (Å²) in [5.41, 5.74) is 0. The summed E-state index contributed by atoms with van der Waals surface area (Å²) in [7, 11) is -1.59. The van der Waals surface area contributed by atoms with Crippen LogP contribution < -0.4 is 0 Å². The number of hydrogen-bond acceptors (Lipinski definition) is 2. The lowest BCUT2D eigenvalue weighted by atomic mass is 10.0. The van der Waals surface area contributed by atoms with Crippen molar-refractivity contribution in [2.24, 2.45) is 5.92 Å². The van der Waals surface area contributed by atoms with Crippen LogP contribution in [0.5, 0.6) is 0 Å². The third-order valence-electron chi connectivity index (χ3n) is 3.61. The molecule has 0 amide bonds. The minimum Gasteiger partial charge on any atom is -0.417 e. The minimum absolute atomic E-state index is 0.185. The van der Waals surface area contributed by atoms with E-state index in [2.05, 4.69) is 40.8 Å². The SMILES string of the molecule is CC(O)CC[C@H](C)CO[Si](C)(C)C(C)(C)C. The fraction of sp³-hybridized carbons (Fsp3) is 1.00. The van der Waals surface area contributed by atoms with Crippen molar-refractivity contribution >= 4 is 8.32 Å². The van der Waals surface area contributed by atoms with E-state index in [1.807, 2.05) is 6.92 Å². The molecule has 0 aliphatic carbocycles. The molecular weight excluding hydrogens is 216 g/mol. The van der Waals surface area contributed by atoms with Crippen molar-refractivity contribution in [3.63, 3.8) is 0 Å². The van der Waals surface area contributed by atoms with Gasteiger partial charge in [0.25, 0.3) is 0 Å². The maximum absolute atomic E-state index is 9.23. The summed E-state index contributed by atoms with van der Waals surface area (Å²) in [5.74, 6) is 0.545. The molecule has 3 heteroatoms. The van der Waals surface area contributed by atoms with Crippen molar-refractivity contribution in [3.8, 4) is 0 Å². The van der Waals surface area contributed by atoms with Gasteiger partial charge in [-0.1, -0.05) is 27.7 Å². The molecule has 0 aromatic carbocycles. The van der Waals surface area contributed by atoms with Crippen LogP contribution in [0.2, 0.25) is 18.1 Å². The quantitative estimate of drug-likeness (QED) is 0.722. The van der Waals surface area contributed by atoms with E-state index < -0.39 is 8.32 Å². The first-order valence-electron chi connectivity index (χ1n) is 6.38. The highest BCUT2D eigenvalue weighted by Gasteiger charge is 2.37. The van der Waals surface area contributed by atoms with Crippen molar-refractivity contribution in [1.82, 2.24) is 0 Å². The lowest BCUT2D eigenvalue weighted by molar-refractivity contribution is 0.161. The minimum atomic E-state index is -1.59. The maximum Gasteiger partial charge on any atom is 0.191 e. The second kappa shape index (κ2) is 6.17. The molecule has 1 unspecified atom stereocenters. The first-order valence-corrected chi connectivity index (χ1v) is 9.29. The number of aliphatic hydroxyl groups is 1. The highest BCUT2D eigenvalue weighted by atomic mass is 28.4. The van der Waals surface area contributed by atoms with E-state index in [4.69, 9.17) is 4.43 Å². The van der Waals surface area contributed by atoms with Gasteiger partial charge in [-0.2, -0.15) is 0 Å². The number of hydrogen-bond donors (Lipinski definition) is 1. The fourth-order valence-corrected chi connectivity index (χ4v) is 2.31. The van der Waals surface area contributed by atoms with Crippen LogP contribution in [0, 0.1) is 5.92 Å². The van der Waals surface area contributed by atoms with Crippen LogP contribution in [-0.2, 0) is 4.43 Å². The van der Waals surface area contributed by atoms with Gasteiger partial charge < -0.3 is 9.53 Å². The molecule has 0 aromatic heterocycles. The van der Waals surface area contributed by atoms with Crippen LogP contribution in [0.1, 0.15) is 47.5 Å². The predicted octanol–water partition coefficient (Wildman–Crippen LogP) is 3.81. The molecule has 0 bridgehead atoms. The Morgan fingerprint density at radius 3 is 2.00 bits per heavy atom. The van der Waals surface area contributed by atoms with Gasteiger partial charge in [-0.15, -0.1) is 0 Å². The molecule has 0 heterocycles. The standard InChI is InChI=1S/C13H30O2Si/c1-11(8-9-12(2)14)10-15-16(6,7)13(3,4)5/h11-12,14H,8-10H2,1-7H3/t11-,12?/m0/s1. The van der Waals surface area contributed by atoms with Crippen LogP contribution in [0.3, 0.4) is 0 Å². The molecule has 0 radical (unpaired) electrons. The largest absolute Gasteiger partial charge is 0.417 e. The van der Waals surface area contributed by atoms with E-state index >= 15 is 0 Å². The monoisotopic (exact) mass is 246 g/mol. The summed E-state index contributed by atoms with van der Waals surface area (Å²) in [5, 5.41) is 9.52. The smallest absolute Gasteiger partial charge is 0.191 e. The molecule has 0 aromatic rings. The number of rotatable bonds is 6. The molecule has 98 valence electrons. The zero-order valence-corrected chi connectivity index (χ0v) is 13.1. The van der Waals surface area contributed by atoms with Gasteiger partial charge in [0, 0.05) is 6.61 Å². The molecule has 2 nitrogen and oxygen atoms in total. The Morgan fingerprint density at radius 1 is 1.12 bits per heavy atom. The summed E-state index contributed by atoms with van der Waals surface area (Å²) in [4.78, 5) is 0. The summed E-state index contributed by atoms with van der Waals surface area (Å²) < 4.78 is 6.15. The normalized spacial score (nSPS) is 17.2. The van der Waals surface area contributed by atoms with E-state index in [0.29, 0.717) is 5.92 Å². The molecule has 1 N–H and O–H groups in total. The predicted molar refractivity (Wildman–Crippen MR) is 73.2 cm³/mol. The second-order valence-corrected chi connectivity index (χ2v) is 11.4. The Kier molecular flexibility index (Phi) is 6.23. The maximum atomic E-state index is 9.23. The van der Waals surface area contributed by atoms with E-state index in [1.165, 1.54) is 0 Å². The third kappa shape index (κ3) is 6.02. The summed E-state index contributed by atoms with van der Waals surface area (Å²) in [6.07, 6.45) is 1.74. The van der Waals surface area contributed by atoms with Gasteiger partial charge in [-0.05, 0) is 43.8 Å². The molecule has 0 fully saturated rings. The average molecular weight is 246 g/mol. The van der Waals surface area contributed by atoms with Crippen molar-refractivity contribution < 1.29 is 9.53 Å². The van der Waals surface area contributed by atoms with Crippen LogP contribution >= 0.6 is 0 Å². The molecule has 0 aliphatic rings. The summed E-state index contributed by atoms with van der Waals surface area (Å²) >= 11 is 0. The Balaban J connectivity index is 3.96. The molecule has 0 spiro atoms. The summed E-state index contributed by atoms with van der Waals surface area (Å²) in [6.45, 7) is 16.3. The van der Waals surface area contributed by atoms with E-state index in [0.717, 1.165) is 19.4 Å². The van der Waals surface area contributed by atoms with Crippen LogP contribution in [0.15, 0.2) is 0 Å². The van der Waals surface area contributed by atoms with Crippen molar-refractivity contribution in [2.45, 2.75) is 71.7 Å². The molecular formula is C13H30O2Si. The van der Waals surface area contributed by atoms with Gasteiger partial charge in [0.05, 0.1) is 6.10 Å². The number of aliphatic hydroxyl groups excluding tert-OH is 1. The van der Waals surface area contributed by atoms with Crippen LogP contribution in [0.25, 0.3) is 0 Å². The Bertz CT molecular complexity index is 195. The molecule has 0 rings (SSSR count). The first-order chi connectivity index (χ1) is 7.06. The van der Waals surface area contributed by atoms with Crippen molar-refractivity contribution in [3.05, 3.63) is 0 Å². The molecule has 2 atom stereocenters. The van der Waals surface area contributed by atoms with Crippen molar-refractivity contribution in [2.75, 3.05) is 6.61 Å². The van der Waals surface area contributed by atoms with Crippen molar-refractivity contribution in [1.29, 1.82) is 0 Å². The van der Waals surface area contributed by atoms with E-state index in [1.54, 1.807) is 0 Å². The van der Waals surface area contributed by atoms with Gasteiger partial charge in [-0.25, -0.2) is 0 Å². The molecule has 0 aliphatic heterocycles. The molecule has 0 saturated carbocycles. The second-order valence-electron chi connectivity index (χ2n) is 6.60. The third-order valence-corrected chi connectivity index (χ3v) is 8.11. The Hall–Kier alpha value is 0.137. The lowest BCUT2D eigenvalue weighted by Crippen LogP contribution is -2.41. The molecule has 0 saturated heterocycles. The van der Waals surface area contributed by atoms with Gasteiger partial charge in [-0.3, -0.25) is 0 Å². The van der Waals surface area contributed by atoms with Crippen LogP contribution in [-0.4, -0.2) is 26.1 Å². The fourth-order valence-electron chi connectivity index (χ4n) is 1.18. The van der Waals surface area contributed by atoms with Gasteiger partial charge in [0.2, 0.25) is 0 Å². The Labute approximate surface area is 103 Å². The average Bonchev–Trinajstić information content (AvgIpc) is 2.09. The topological polar surface area (TPSA) is 29.5 Å². The first kappa shape index (κ1) is 16.1. The lowest BCUT2D eigenvalue weighted by Gasteiger charge is -2.37.